The van der Waals surface area contributed by atoms with Gasteiger partial charge in [-0.1, -0.05) is 30.3 Å². The highest BCUT2D eigenvalue weighted by Crippen LogP contribution is 2.19. The smallest absolute Gasteiger partial charge is 0.289 e. The van der Waals surface area contributed by atoms with E-state index in [0.717, 1.165) is 29.9 Å². The van der Waals surface area contributed by atoms with Crippen molar-refractivity contribution in [3.63, 3.8) is 0 Å². The maximum atomic E-state index is 11.8. The van der Waals surface area contributed by atoms with E-state index >= 15 is 0 Å². The summed E-state index contributed by atoms with van der Waals surface area (Å²) in [6.07, 6.45) is 3.01. The van der Waals surface area contributed by atoms with E-state index in [2.05, 4.69) is 5.32 Å². The van der Waals surface area contributed by atoms with Gasteiger partial charge >= 0.3 is 0 Å². The summed E-state index contributed by atoms with van der Waals surface area (Å²) in [6, 6.07) is 17.6. The van der Waals surface area contributed by atoms with Crippen molar-refractivity contribution in [3.05, 3.63) is 72.2 Å². The molecule has 1 aliphatic heterocycles. The molecule has 2 aromatic rings. The average molecular weight is 383 g/mol. The maximum Gasteiger partial charge on any atom is 0.289 e. The van der Waals surface area contributed by atoms with Gasteiger partial charge in [-0.25, -0.2) is 0 Å². The quantitative estimate of drug-likeness (QED) is 0.637. The van der Waals surface area contributed by atoms with E-state index in [9.17, 15) is 4.79 Å². The molecule has 6 heteroatoms. The van der Waals surface area contributed by atoms with Gasteiger partial charge in [-0.2, -0.15) is 0 Å². The van der Waals surface area contributed by atoms with Crippen LogP contribution in [0, 0.1) is 0 Å². The zero-order valence-electron chi connectivity index (χ0n) is 15.8. The van der Waals surface area contributed by atoms with E-state index in [-0.39, 0.29) is 11.7 Å². The van der Waals surface area contributed by atoms with E-state index in [1.807, 2.05) is 54.6 Å². The van der Waals surface area contributed by atoms with Crippen LogP contribution >= 0.6 is 0 Å². The summed E-state index contributed by atoms with van der Waals surface area (Å²) in [5, 5.41) is 2.80. The molecule has 2 aromatic carbocycles. The first-order chi connectivity index (χ1) is 13.8. The second kappa shape index (κ2) is 10.9. The summed E-state index contributed by atoms with van der Waals surface area (Å²) in [7, 11) is 0. The largest absolute Gasteiger partial charge is 0.494 e. The molecule has 0 fully saturated rings. The molecule has 0 radical (unpaired) electrons. The van der Waals surface area contributed by atoms with Crippen LogP contribution in [-0.2, 0) is 20.9 Å². The van der Waals surface area contributed by atoms with Gasteiger partial charge in [0.25, 0.3) is 5.91 Å². The Morgan fingerprint density at radius 3 is 2.39 bits per heavy atom. The molecule has 0 bridgehead atoms. The fraction of sp³-hybridized carbons (Fsp3) is 0.318. The number of amides is 1. The molecule has 0 aliphatic carbocycles. The molecule has 0 aromatic heterocycles. The Labute approximate surface area is 165 Å². The van der Waals surface area contributed by atoms with Crippen molar-refractivity contribution in [2.24, 2.45) is 0 Å². The molecular formula is C22H25NO5. The number of hydrogen-bond donors (Lipinski definition) is 1. The third-order valence-corrected chi connectivity index (χ3v) is 4.07. The van der Waals surface area contributed by atoms with Crippen molar-refractivity contribution in [1.29, 1.82) is 0 Å². The molecule has 0 saturated heterocycles. The maximum absolute atomic E-state index is 11.8. The van der Waals surface area contributed by atoms with Crippen LogP contribution < -0.4 is 14.8 Å². The minimum absolute atomic E-state index is 0.233. The average Bonchev–Trinajstić information content (AvgIpc) is 2.76. The van der Waals surface area contributed by atoms with E-state index in [1.54, 1.807) is 0 Å². The summed E-state index contributed by atoms with van der Waals surface area (Å²) >= 11 is 0. The third-order valence-electron chi connectivity index (χ3n) is 4.07. The summed E-state index contributed by atoms with van der Waals surface area (Å²) in [4.78, 5) is 11.8. The zero-order valence-corrected chi connectivity index (χ0v) is 15.8. The number of nitrogens with one attached hydrogen (secondary N) is 1. The Kier molecular flexibility index (Phi) is 7.61. The van der Waals surface area contributed by atoms with Crippen molar-refractivity contribution < 1.29 is 23.7 Å². The van der Waals surface area contributed by atoms with Crippen molar-refractivity contribution in [2.75, 3.05) is 26.4 Å². The Bertz CT molecular complexity index is 758. The predicted octanol–water partition coefficient (Wildman–Crippen LogP) is 3.43. The van der Waals surface area contributed by atoms with Gasteiger partial charge < -0.3 is 24.3 Å². The summed E-state index contributed by atoms with van der Waals surface area (Å²) in [6.45, 7) is 2.58. The van der Waals surface area contributed by atoms with Crippen LogP contribution in [0.1, 0.15) is 18.4 Å². The lowest BCUT2D eigenvalue weighted by Crippen LogP contribution is -2.29. The third kappa shape index (κ3) is 6.54. The van der Waals surface area contributed by atoms with Gasteiger partial charge in [-0.3, -0.25) is 4.79 Å². The predicted molar refractivity (Wildman–Crippen MR) is 105 cm³/mol. The number of carbonyl (C=O) groups is 1. The van der Waals surface area contributed by atoms with Crippen molar-refractivity contribution in [1.82, 2.24) is 5.32 Å². The SMILES string of the molecule is O=C(NCCCCOc1ccc(OCc2ccccc2)cc1)C1=COCCO1. The lowest BCUT2D eigenvalue weighted by atomic mass is 10.2. The molecule has 148 valence electrons. The van der Waals surface area contributed by atoms with Crippen LogP contribution in [0.15, 0.2) is 66.6 Å². The molecule has 0 unspecified atom stereocenters. The first-order valence-corrected chi connectivity index (χ1v) is 9.43. The number of hydrogen-bond acceptors (Lipinski definition) is 5. The Hall–Kier alpha value is -3.15. The number of ether oxygens (including phenoxy) is 4. The standard InChI is InChI=1S/C22H25NO5/c24-22(21-17-25-14-15-27-21)23-12-4-5-13-26-19-8-10-20(11-9-19)28-16-18-6-2-1-3-7-18/h1-3,6-11,17H,4-5,12-16H2,(H,23,24). The number of carbonyl (C=O) groups excluding carboxylic acids is 1. The van der Waals surface area contributed by atoms with Crippen LogP contribution in [0.3, 0.4) is 0 Å². The summed E-state index contributed by atoms with van der Waals surface area (Å²) in [5.74, 6) is 1.60. The van der Waals surface area contributed by atoms with E-state index < -0.39 is 0 Å². The number of benzene rings is 2. The Morgan fingerprint density at radius 1 is 0.929 bits per heavy atom. The van der Waals surface area contributed by atoms with Crippen LogP contribution in [0.4, 0.5) is 0 Å². The first-order valence-electron chi connectivity index (χ1n) is 9.43. The van der Waals surface area contributed by atoms with Gasteiger partial charge in [-0.15, -0.1) is 0 Å². The second-order valence-corrected chi connectivity index (χ2v) is 6.26. The topological polar surface area (TPSA) is 66.0 Å². The lowest BCUT2D eigenvalue weighted by Gasteiger charge is -2.15. The van der Waals surface area contributed by atoms with Gasteiger partial charge in [0.1, 0.15) is 37.6 Å². The van der Waals surface area contributed by atoms with Gasteiger partial charge in [0.15, 0.2) is 0 Å². The molecule has 28 heavy (non-hydrogen) atoms. The highest BCUT2D eigenvalue weighted by Gasteiger charge is 2.13. The van der Waals surface area contributed by atoms with Crippen LogP contribution in [0.25, 0.3) is 0 Å². The van der Waals surface area contributed by atoms with E-state index in [0.29, 0.717) is 33.0 Å². The normalized spacial score (nSPS) is 12.9. The molecule has 1 N–H and O–H groups in total. The molecule has 0 atom stereocenters. The van der Waals surface area contributed by atoms with Gasteiger partial charge in [0, 0.05) is 6.54 Å². The highest BCUT2D eigenvalue weighted by molar-refractivity contribution is 5.91. The minimum atomic E-state index is -0.244. The summed E-state index contributed by atoms with van der Waals surface area (Å²) in [5.41, 5.74) is 1.13. The molecule has 6 nitrogen and oxygen atoms in total. The lowest BCUT2D eigenvalue weighted by molar-refractivity contribution is -0.122. The first kappa shape index (κ1) is 19.6. The molecule has 1 aliphatic rings. The number of unbranched alkanes of at least 4 members (excludes halogenated alkanes) is 1. The molecule has 3 rings (SSSR count). The molecule has 0 spiro atoms. The van der Waals surface area contributed by atoms with Crippen molar-refractivity contribution >= 4 is 5.91 Å². The minimum Gasteiger partial charge on any atom is -0.494 e. The van der Waals surface area contributed by atoms with E-state index in [4.69, 9.17) is 18.9 Å². The molecule has 0 saturated carbocycles. The molecule has 1 heterocycles. The summed E-state index contributed by atoms with van der Waals surface area (Å²) < 4.78 is 21.8. The fourth-order valence-corrected chi connectivity index (χ4v) is 2.57. The fourth-order valence-electron chi connectivity index (χ4n) is 2.57. The van der Waals surface area contributed by atoms with E-state index in [1.165, 1.54) is 6.26 Å². The van der Waals surface area contributed by atoms with Gasteiger partial charge in [0.05, 0.1) is 6.61 Å². The zero-order chi connectivity index (χ0) is 19.4. The van der Waals surface area contributed by atoms with Crippen molar-refractivity contribution in [3.8, 4) is 11.5 Å². The van der Waals surface area contributed by atoms with Crippen LogP contribution in [0.2, 0.25) is 0 Å². The van der Waals surface area contributed by atoms with Crippen LogP contribution in [0.5, 0.6) is 11.5 Å². The monoisotopic (exact) mass is 383 g/mol. The molecular weight excluding hydrogens is 358 g/mol. The molecule has 1 amide bonds. The van der Waals surface area contributed by atoms with Crippen molar-refractivity contribution in [2.45, 2.75) is 19.4 Å². The second-order valence-electron chi connectivity index (χ2n) is 6.26. The Balaban J connectivity index is 1.27. The van der Waals surface area contributed by atoms with Gasteiger partial charge in [-0.05, 0) is 42.7 Å². The van der Waals surface area contributed by atoms with Gasteiger partial charge in [0.2, 0.25) is 5.76 Å². The number of rotatable bonds is 10. The highest BCUT2D eigenvalue weighted by atomic mass is 16.6. The van der Waals surface area contributed by atoms with Crippen LogP contribution in [-0.4, -0.2) is 32.3 Å². The Morgan fingerprint density at radius 2 is 1.68 bits per heavy atom.